The lowest BCUT2D eigenvalue weighted by molar-refractivity contribution is 0.539. The Morgan fingerprint density at radius 2 is 2.43 bits per heavy atom. The summed E-state index contributed by atoms with van der Waals surface area (Å²) in [5.74, 6) is 1.09. The minimum absolute atomic E-state index is 0.602. The number of nitrogens with zero attached hydrogens (tertiary/aromatic N) is 1. The zero-order valence-electron chi connectivity index (χ0n) is 8.92. The van der Waals surface area contributed by atoms with Crippen LogP contribution in [0.2, 0.25) is 0 Å². The van der Waals surface area contributed by atoms with Gasteiger partial charge in [0.2, 0.25) is 0 Å². The van der Waals surface area contributed by atoms with Crippen molar-refractivity contribution in [3.63, 3.8) is 0 Å². The van der Waals surface area contributed by atoms with Crippen LogP contribution in [0.1, 0.15) is 26.7 Å². The first kappa shape index (κ1) is 11.6. The normalized spacial score (nSPS) is 13.0. The van der Waals surface area contributed by atoms with Gasteiger partial charge in [-0.3, -0.25) is 0 Å². The Hall–Kier alpha value is -0.480. The zero-order chi connectivity index (χ0) is 10.2. The molecule has 80 valence electrons. The third kappa shape index (κ3) is 4.15. The molecule has 0 aliphatic heterocycles. The average Bonchev–Trinajstić information content (AvgIpc) is 2.71. The Morgan fingerprint density at radius 1 is 1.57 bits per heavy atom. The van der Waals surface area contributed by atoms with Gasteiger partial charge in [0.25, 0.3) is 0 Å². The van der Waals surface area contributed by atoms with Crippen LogP contribution in [-0.4, -0.2) is 28.3 Å². The van der Waals surface area contributed by atoms with Crippen LogP contribution in [0.3, 0.4) is 0 Å². The maximum Gasteiger partial charge on any atom is 0.165 e. The van der Waals surface area contributed by atoms with Crippen molar-refractivity contribution in [2.45, 2.75) is 37.9 Å². The van der Waals surface area contributed by atoms with Crippen LogP contribution >= 0.6 is 11.8 Å². The molecule has 0 amide bonds. The summed E-state index contributed by atoms with van der Waals surface area (Å²) in [5, 5.41) is 4.53. The van der Waals surface area contributed by atoms with E-state index in [0.29, 0.717) is 6.04 Å². The van der Waals surface area contributed by atoms with Gasteiger partial charge in [0.15, 0.2) is 5.16 Å². The monoisotopic (exact) mass is 213 g/mol. The van der Waals surface area contributed by atoms with Crippen LogP contribution in [0, 0.1) is 0 Å². The van der Waals surface area contributed by atoms with Crippen molar-refractivity contribution >= 4 is 11.8 Å². The van der Waals surface area contributed by atoms with Gasteiger partial charge in [-0.2, -0.15) is 0 Å². The van der Waals surface area contributed by atoms with Crippen LogP contribution in [0.4, 0.5) is 0 Å². The molecule has 0 saturated carbocycles. The summed E-state index contributed by atoms with van der Waals surface area (Å²) in [6.45, 7) is 5.52. The molecule has 0 saturated heterocycles. The molecule has 0 radical (unpaired) electrons. The van der Waals surface area contributed by atoms with Gasteiger partial charge in [-0.05, 0) is 19.4 Å². The van der Waals surface area contributed by atoms with Crippen molar-refractivity contribution in [1.82, 2.24) is 15.3 Å². The molecule has 0 bridgehead atoms. The zero-order valence-corrected chi connectivity index (χ0v) is 9.73. The number of thioether (sulfide) groups is 1. The third-order valence-corrected chi connectivity index (χ3v) is 3.14. The second kappa shape index (κ2) is 6.90. The molecule has 1 rings (SSSR count). The molecule has 0 fully saturated rings. The second-order valence-electron chi connectivity index (χ2n) is 3.26. The molecule has 1 unspecified atom stereocenters. The van der Waals surface area contributed by atoms with E-state index in [1.54, 1.807) is 18.0 Å². The SMILES string of the molecule is CCCNC(CC)CSc1ncc[nH]1. The Bertz CT molecular complexity index is 223. The minimum Gasteiger partial charge on any atom is -0.340 e. The molecule has 0 spiro atoms. The van der Waals surface area contributed by atoms with Crippen molar-refractivity contribution in [1.29, 1.82) is 0 Å². The smallest absolute Gasteiger partial charge is 0.165 e. The first-order valence-electron chi connectivity index (χ1n) is 5.22. The molecule has 0 aliphatic carbocycles. The van der Waals surface area contributed by atoms with E-state index in [2.05, 4.69) is 29.1 Å². The molecule has 0 aliphatic rings. The van der Waals surface area contributed by atoms with E-state index in [-0.39, 0.29) is 0 Å². The van der Waals surface area contributed by atoms with Crippen LogP contribution in [0.25, 0.3) is 0 Å². The highest BCUT2D eigenvalue weighted by atomic mass is 32.2. The van der Waals surface area contributed by atoms with E-state index in [1.165, 1.54) is 12.8 Å². The van der Waals surface area contributed by atoms with E-state index < -0.39 is 0 Å². The Labute approximate surface area is 90.1 Å². The maximum atomic E-state index is 4.18. The quantitative estimate of drug-likeness (QED) is 0.683. The fourth-order valence-corrected chi connectivity index (χ4v) is 2.18. The molecule has 4 heteroatoms. The van der Waals surface area contributed by atoms with E-state index in [0.717, 1.165) is 17.5 Å². The van der Waals surface area contributed by atoms with Crippen molar-refractivity contribution in [2.75, 3.05) is 12.3 Å². The Morgan fingerprint density at radius 3 is 3.00 bits per heavy atom. The van der Waals surface area contributed by atoms with Crippen LogP contribution in [0.15, 0.2) is 17.6 Å². The lowest BCUT2D eigenvalue weighted by atomic mass is 10.2. The van der Waals surface area contributed by atoms with Crippen LogP contribution in [-0.2, 0) is 0 Å². The number of nitrogens with one attached hydrogen (secondary N) is 2. The van der Waals surface area contributed by atoms with Gasteiger partial charge in [-0.1, -0.05) is 25.6 Å². The van der Waals surface area contributed by atoms with Gasteiger partial charge in [-0.25, -0.2) is 4.98 Å². The summed E-state index contributed by atoms with van der Waals surface area (Å²) in [5.41, 5.74) is 0. The fraction of sp³-hybridized carbons (Fsp3) is 0.700. The van der Waals surface area contributed by atoms with E-state index in [9.17, 15) is 0 Å². The summed E-state index contributed by atoms with van der Waals surface area (Å²) in [6.07, 6.45) is 6.03. The number of hydrogen-bond acceptors (Lipinski definition) is 3. The predicted molar refractivity (Wildman–Crippen MR) is 61.7 cm³/mol. The number of rotatable bonds is 7. The van der Waals surface area contributed by atoms with Crippen LogP contribution < -0.4 is 5.32 Å². The molecular weight excluding hydrogens is 194 g/mol. The Balaban J connectivity index is 2.20. The van der Waals surface area contributed by atoms with Crippen molar-refractivity contribution in [3.05, 3.63) is 12.4 Å². The first-order valence-corrected chi connectivity index (χ1v) is 6.21. The summed E-state index contributed by atoms with van der Waals surface area (Å²) in [6, 6.07) is 0.602. The van der Waals surface area contributed by atoms with E-state index in [1.807, 2.05) is 6.20 Å². The molecule has 1 aromatic rings. The van der Waals surface area contributed by atoms with Gasteiger partial charge in [0.05, 0.1) is 0 Å². The fourth-order valence-electron chi connectivity index (χ4n) is 1.18. The van der Waals surface area contributed by atoms with E-state index >= 15 is 0 Å². The number of aromatic amines is 1. The Kier molecular flexibility index (Phi) is 5.71. The first-order chi connectivity index (χ1) is 6.86. The van der Waals surface area contributed by atoms with Crippen molar-refractivity contribution in [3.8, 4) is 0 Å². The molecule has 1 heterocycles. The topological polar surface area (TPSA) is 40.7 Å². The highest BCUT2D eigenvalue weighted by Crippen LogP contribution is 2.13. The second-order valence-corrected chi connectivity index (χ2v) is 4.27. The standard InChI is InChI=1S/C10H19N3S/c1-3-5-11-9(4-2)8-14-10-12-6-7-13-10/h6-7,9,11H,3-5,8H2,1-2H3,(H,12,13). The van der Waals surface area contributed by atoms with Crippen molar-refractivity contribution < 1.29 is 0 Å². The highest BCUT2D eigenvalue weighted by Gasteiger charge is 2.06. The largest absolute Gasteiger partial charge is 0.340 e. The number of imidazole rings is 1. The van der Waals surface area contributed by atoms with Gasteiger partial charge in [-0.15, -0.1) is 0 Å². The summed E-state index contributed by atoms with van der Waals surface area (Å²) in [4.78, 5) is 7.28. The van der Waals surface area contributed by atoms with Gasteiger partial charge in [0.1, 0.15) is 0 Å². The lowest BCUT2D eigenvalue weighted by Gasteiger charge is -2.14. The number of hydrogen-bond donors (Lipinski definition) is 2. The molecule has 2 N–H and O–H groups in total. The molecule has 0 aromatic carbocycles. The summed E-state index contributed by atoms with van der Waals surface area (Å²) < 4.78 is 0. The van der Waals surface area contributed by atoms with Gasteiger partial charge < -0.3 is 10.3 Å². The molecule has 3 nitrogen and oxygen atoms in total. The van der Waals surface area contributed by atoms with Crippen LogP contribution in [0.5, 0.6) is 0 Å². The van der Waals surface area contributed by atoms with E-state index in [4.69, 9.17) is 0 Å². The molecule has 14 heavy (non-hydrogen) atoms. The van der Waals surface area contributed by atoms with Crippen molar-refractivity contribution in [2.24, 2.45) is 0 Å². The van der Waals surface area contributed by atoms with Gasteiger partial charge >= 0.3 is 0 Å². The maximum absolute atomic E-state index is 4.18. The third-order valence-electron chi connectivity index (χ3n) is 2.07. The average molecular weight is 213 g/mol. The van der Waals surface area contributed by atoms with Gasteiger partial charge in [0, 0.05) is 24.2 Å². The molecule has 1 atom stereocenters. The number of H-pyrrole nitrogens is 1. The predicted octanol–water partition coefficient (Wildman–Crippen LogP) is 2.28. The highest BCUT2D eigenvalue weighted by molar-refractivity contribution is 7.99. The summed E-state index contributed by atoms with van der Waals surface area (Å²) in [7, 11) is 0. The number of aromatic nitrogens is 2. The molecule has 1 aromatic heterocycles. The summed E-state index contributed by atoms with van der Waals surface area (Å²) >= 11 is 1.78. The minimum atomic E-state index is 0.602. The lowest BCUT2D eigenvalue weighted by Crippen LogP contribution is -2.31. The molecular formula is C10H19N3S.